The molecule has 4 rings (SSSR count). The highest BCUT2D eigenvalue weighted by Gasteiger charge is 2.67. The third-order valence-corrected chi connectivity index (χ3v) is 7.25. The molecule has 0 spiro atoms. The van der Waals surface area contributed by atoms with Crippen LogP contribution in [0, 0.1) is 48.2 Å². The standard InChI is InChI=1S/C24H20F2N4O2S/c1-4-5-32-15-6-13(2)21(29-11-15)18(31)9-14-7-16(20(26)17(25)8-14)23(3)19-10-24(19,12-27)33-22(28)30-23/h1,6-8,11,19H,5,9-10H2,2-3H3,(H2,28,30)/t19-,23+,24+/m0/s1. The number of nitrogens with zero attached hydrogens (tertiary/aromatic N) is 3. The molecule has 0 bridgehead atoms. The summed E-state index contributed by atoms with van der Waals surface area (Å²) in [5, 5.41) is 9.74. The molecule has 1 fully saturated rings. The molecule has 0 unspecified atom stereocenters. The molecule has 6 nitrogen and oxygen atoms in total. The molecule has 168 valence electrons. The van der Waals surface area contributed by atoms with Crippen molar-refractivity contribution in [3.05, 3.63) is 58.4 Å². The van der Waals surface area contributed by atoms with Crippen LogP contribution in [-0.4, -0.2) is 27.3 Å². The van der Waals surface area contributed by atoms with E-state index in [0.717, 1.165) is 17.8 Å². The van der Waals surface area contributed by atoms with E-state index in [2.05, 4.69) is 22.0 Å². The average molecular weight is 467 g/mol. The fraction of sp³-hybridized carbons (Fsp3) is 0.333. The molecule has 2 aliphatic rings. The van der Waals surface area contributed by atoms with Gasteiger partial charge in [0.2, 0.25) is 0 Å². The Hall–Kier alpha value is -3.43. The number of aromatic nitrogens is 1. The van der Waals surface area contributed by atoms with Crippen molar-refractivity contribution >= 4 is 22.7 Å². The Kier molecular flexibility index (Phi) is 5.63. The first-order valence-electron chi connectivity index (χ1n) is 10.1. The predicted molar refractivity (Wildman–Crippen MR) is 121 cm³/mol. The van der Waals surface area contributed by atoms with E-state index in [9.17, 15) is 18.8 Å². The van der Waals surface area contributed by atoms with E-state index < -0.39 is 21.9 Å². The molecule has 1 aliphatic heterocycles. The highest BCUT2D eigenvalue weighted by atomic mass is 32.2. The van der Waals surface area contributed by atoms with Gasteiger partial charge in [0.05, 0.1) is 17.8 Å². The third-order valence-electron chi connectivity index (χ3n) is 6.04. The maximum Gasteiger partial charge on any atom is 0.185 e. The molecule has 0 amide bonds. The van der Waals surface area contributed by atoms with Crippen LogP contribution in [0.5, 0.6) is 5.75 Å². The van der Waals surface area contributed by atoms with Gasteiger partial charge in [0.25, 0.3) is 0 Å². The number of hydrogen-bond donors (Lipinski definition) is 1. The van der Waals surface area contributed by atoms with Gasteiger partial charge in [-0.3, -0.25) is 9.79 Å². The van der Waals surface area contributed by atoms with Crippen LogP contribution in [0.2, 0.25) is 0 Å². The Morgan fingerprint density at radius 1 is 1.42 bits per heavy atom. The van der Waals surface area contributed by atoms with E-state index in [-0.39, 0.29) is 46.7 Å². The summed E-state index contributed by atoms with van der Waals surface area (Å²) in [6.07, 6.45) is 6.84. The number of rotatable bonds is 6. The van der Waals surface area contributed by atoms with Crippen LogP contribution in [-0.2, 0) is 12.0 Å². The minimum absolute atomic E-state index is 0.0154. The molecule has 1 aromatic carbocycles. The second kappa shape index (κ2) is 8.17. The maximum atomic E-state index is 14.9. The lowest BCUT2D eigenvalue weighted by Gasteiger charge is -2.32. The number of ether oxygens (including phenoxy) is 1. The number of Topliss-reactive ketones (excluding diaryl/α,β-unsaturated/α-hetero) is 1. The van der Waals surface area contributed by atoms with Crippen molar-refractivity contribution in [3.63, 3.8) is 0 Å². The summed E-state index contributed by atoms with van der Waals surface area (Å²) in [6.45, 7) is 3.42. The number of terminal acetylenes is 1. The van der Waals surface area contributed by atoms with Gasteiger partial charge < -0.3 is 10.5 Å². The number of aliphatic imine (C=N–C) groups is 1. The van der Waals surface area contributed by atoms with Crippen LogP contribution in [0.1, 0.15) is 40.5 Å². The lowest BCUT2D eigenvalue weighted by Crippen LogP contribution is -2.35. The summed E-state index contributed by atoms with van der Waals surface area (Å²) in [7, 11) is 0. The molecule has 0 saturated heterocycles. The van der Waals surface area contributed by atoms with Gasteiger partial charge in [-0.25, -0.2) is 13.8 Å². The van der Waals surface area contributed by atoms with Crippen LogP contribution in [0.4, 0.5) is 8.78 Å². The Morgan fingerprint density at radius 2 is 2.18 bits per heavy atom. The molecule has 3 atom stereocenters. The van der Waals surface area contributed by atoms with Crippen molar-refractivity contribution in [2.24, 2.45) is 16.6 Å². The highest BCUT2D eigenvalue weighted by molar-refractivity contribution is 8.15. The molecule has 0 radical (unpaired) electrons. The van der Waals surface area contributed by atoms with Gasteiger partial charge >= 0.3 is 0 Å². The number of carbonyl (C=O) groups excluding carboxylic acids is 1. The van der Waals surface area contributed by atoms with Crippen molar-refractivity contribution in [3.8, 4) is 24.2 Å². The van der Waals surface area contributed by atoms with Crippen LogP contribution < -0.4 is 10.5 Å². The van der Waals surface area contributed by atoms with E-state index in [1.807, 2.05) is 0 Å². The lowest BCUT2D eigenvalue weighted by molar-refractivity contribution is 0.0987. The number of carbonyl (C=O) groups is 1. The fourth-order valence-corrected chi connectivity index (χ4v) is 5.63. The Labute approximate surface area is 194 Å². The molecule has 2 aromatic rings. The number of pyridine rings is 1. The summed E-state index contributed by atoms with van der Waals surface area (Å²) in [6, 6.07) is 6.31. The van der Waals surface area contributed by atoms with Gasteiger partial charge in [-0.05, 0) is 49.6 Å². The second-order valence-corrected chi connectivity index (χ2v) is 9.68. The highest BCUT2D eigenvalue weighted by Crippen LogP contribution is 2.65. The zero-order valence-electron chi connectivity index (χ0n) is 18.0. The maximum absolute atomic E-state index is 14.9. The van der Waals surface area contributed by atoms with E-state index in [0.29, 0.717) is 17.7 Å². The number of nitriles is 1. The Morgan fingerprint density at radius 3 is 2.85 bits per heavy atom. The summed E-state index contributed by atoms with van der Waals surface area (Å²) in [4.78, 5) is 21.5. The van der Waals surface area contributed by atoms with Crippen LogP contribution >= 0.6 is 11.8 Å². The molecular formula is C24H20F2N4O2S. The van der Waals surface area contributed by atoms with Crippen LogP contribution in [0.25, 0.3) is 0 Å². The van der Waals surface area contributed by atoms with Gasteiger partial charge in [-0.15, -0.1) is 6.42 Å². The lowest BCUT2D eigenvalue weighted by atomic mass is 9.84. The van der Waals surface area contributed by atoms with Crippen LogP contribution in [0.15, 0.2) is 29.4 Å². The first-order valence-corrected chi connectivity index (χ1v) is 11.0. The Balaban J connectivity index is 1.65. The van der Waals surface area contributed by atoms with Crippen molar-refractivity contribution in [2.75, 3.05) is 6.61 Å². The summed E-state index contributed by atoms with van der Waals surface area (Å²) in [5.41, 5.74) is 5.75. The number of thioether (sulfide) groups is 1. The molecule has 2 heterocycles. The summed E-state index contributed by atoms with van der Waals surface area (Å²) in [5.74, 6) is -0.0420. The second-order valence-electron chi connectivity index (χ2n) is 8.33. The van der Waals surface area contributed by atoms with E-state index >= 15 is 0 Å². The van der Waals surface area contributed by atoms with Gasteiger partial charge in [-0.1, -0.05) is 17.7 Å². The quantitative estimate of drug-likeness (QED) is 0.515. The fourth-order valence-electron chi connectivity index (χ4n) is 4.35. The van der Waals surface area contributed by atoms with Gasteiger partial charge in [0.1, 0.15) is 22.8 Å². The summed E-state index contributed by atoms with van der Waals surface area (Å²) < 4.78 is 34.0. The van der Waals surface area contributed by atoms with Gasteiger partial charge in [0, 0.05) is 17.9 Å². The zero-order valence-corrected chi connectivity index (χ0v) is 18.8. The first kappa shape index (κ1) is 22.8. The number of aryl methyl sites for hydroxylation is 1. The number of benzene rings is 1. The van der Waals surface area contributed by atoms with Crippen molar-refractivity contribution in [1.29, 1.82) is 5.26 Å². The third kappa shape index (κ3) is 3.94. The normalized spacial score (nSPS) is 25.3. The number of nitrogens with two attached hydrogens (primary N) is 1. The van der Waals surface area contributed by atoms with Gasteiger partial charge in [-0.2, -0.15) is 5.26 Å². The largest absolute Gasteiger partial charge is 0.479 e. The number of fused-ring (bicyclic) bond motifs is 1. The minimum Gasteiger partial charge on any atom is -0.479 e. The molecule has 9 heteroatoms. The predicted octanol–water partition coefficient (Wildman–Crippen LogP) is 3.66. The molecule has 1 aliphatic carbocycles. The van der Waals surface area contributed by atoms with Crippen molar-refractivity contribution < 1.29 is 18.3 Å². The SMILES string of the molecule is C#CCOc1cnc(C(=O)Cc2cc(F)c(F)c([C@@]3(C)N=C(N)S[C@@]4(C#N)C[C@H]43)c2)c(C)c1. The zero-order chi connectivity index (χ0) is 24.0. The van der Waals surface area contributed by atoms with E-state index in [1.54, 1.807) is 19.9 Å². The molecular weight excluding hydrogens is 446 g/mol. The van der Waals surface area contributed by atoms with Crippen molar-refractivity contribution in [1.82, 2.24) is 4.98 Å². The van der Waals surface area contributed by atoms with E-state index in [1.165, 1.54) is 12.3 Å². The van der Waals surface area contributed by atoms with Crippen molar-refractivity contribution in [2.45, 2.75) is 37.0 Å². The first-order chi connectivity index (χ1) is 15.6. The molecule has 1 saturated carbocycles. The molecule has 1 aromatic heterocycles. The van der Waals surface area contributed by atoms with E-state index in [4.69, 9.17) is 16.9 Å². The van der Waals surface area contributed by atoms with Gasteiger partial charge in [0.15, 0.2) is 22.6 Å². The summed E-state index contributed by atoms with van der Waals surface area (Å²) >= 11 is 1.16. The number of amidine groups is 1. The smallest absolute Gasteiger partial charge is 0.185 e. The Bertz CT molecular complexity index is 1280. The minimum atomic E-state index is -1.21. The number of ketones is 1. The monoisotopic (exact) mass is 466 g/mol. The number of halogens is 2. The molecule has 2 N–H and O–H groups in total. The number of hydrogen-bond acceptors (Lipinski definition) is 7. The molecule has 33 heavy (non-hydrogen) atoms. The topological polar surface area (TPSA) is 101 Å². The average Bonchev–Trinajstić information content (AvgIpc) is 3.50. The van der Waals surface area contributed by atoms with Crippen LogP contribution in [0.3, 0.4) is 0 Å².